The molecule has 0 radical (unpaired) electrons. The number of unbranched alkanes of at least 4 members (excludes halogenated alkanes) is 12. The van der Waals surface area contributed by atoms with Gasteiger partial charge in [0.05, 0.1) is 0 Å². The number of hydrogen-bond acceptors (Lipinski definition) is 0. The summed E-state index contributed by atoms with van der Waals surface area (Å²) in [5.74, 6) is 4.12. The number of rotatable bonds is 22. The first-order valence-electron chi connectivity index (χ1n) is 18.4. The summed E-state index contributed by atoms with van der Waals surface area (Å²) < 4.78 is 1.59. The summed E-state index contributed by atoms with van der Waals surface area (Å²) in [4.78, 5) is 0. The molecule has 0 fully saturated rings. The molecule has 0 bridgehead atoms. The molecule has 0 saturated heterocycles. The van der Waals surface area contributed by atoms with Crippen LogP contribution in [0.2, 0.25) is 11.8 Å². The topological polar surface area (TPSA) is 25.3 Å². The van der Waals surface area contributed by atoms with Crippen LogP contribution in [0.4, 0.5) is 0 Å². The van der Waals surface area contributed by atoms with Gasteiger partial charge in [0.15, 0.2) is 0 Å². The Morgan fingerprint density at radius 1 is 0.489 bits per heavy atom. The summed E-state index contributed by atoms with van der Waals surface area (Å²) in [7, 11) is 0. The third-order valence-corrected chi connectivity index (χ3v) is 8.96. The standard InChI is InChI=1S/C40H60N2.2CH3.Ni/c1-5-9-13-16-17-20-30-38-37(29-12-8-4)39(35-27-21-25-33(31-35)23-18-14-10-6-2)42(41)40(38)36-28-22-26-34(32-36)24-19-15-11-7-3;;;/h21-22,25-28,31-32H,5-20,23-24,29-30H2,1-4H3;2*1H3;. The van der Waals surface area contributed by atoms with Gasteiger partial charge in [-0.2, -0.15) is 0 Å². The first kappa shape index (κ1) is 39.2. The van der Waals surface area contributed by atoms with E-state index in [2.05, 4.69) is 88.0 Å². The Morgan fingerprint density at radius 3 is 1.29 bits per heavy atom. The van der Waals surface area contributed by atoms with Crippen LogP contribution in [-0.4, -0.2) is 4.70 Å². The normalized spacial score (nSPS) is 13.2. The number of benzene rings is 2. The predicted molar refractivity (Wildman–Crippen MR) is 195 cm³/mol. The van der Waals surface area contributed by atoms with E-state index in [9.17, 15) is 5.53 Å². The second-order valence-corrected chi connectivity index (χ2v) is 13.9. The van der Waals surface area contributed by atoms with Gasteiger partial charge in [-0.05, 0) is 86.8 Å². The molecule has 45 heavy (non-hydrogen) atoms. The van der Waals surface area contributed by atoms with Gasteiger partial charge < -0.3 is 5.53 Å². The quantitative estimate of drug-likeness (QED) is 0.0684. The van der Waals surface area contributed by atoms with Crippen LogP contribution in [0.25, 0.3) is 16.9 Å². The van der Waals surface area contributed by atoms with E-state index < -0.39 is 0 Å². The van der Waals surface area contributed by atoms with Gasteiger partial charge in [0.1, 0.15) is 0 Å². The monoisotopic (exact) mass is 656 g/mol. The average molecular weight is 658 g/mol. The van der Waals surface area contributed by atoms with Crippen molar-refractivity contribution in [2.24, 2.45) is 0 Å². The Hall–Kier alpha value is -1.99. The summed E-state index contributed by atoms with van der Waals surface area (Å²) in [5.41, 5.74) is 22.0. The molecule has 3 heteroatoms. The molecule has 2 nitrogen and oxygen atoms in total. The van der Waals surface area contributed by atoms with E-state index in [1.807, 2.05) is 0 Å². The summed E-state index contributed by atoms with van der Waals surface area (Å²) in [5, 5.41) is 0. The van der Waals surface area contributed by atoms with Gasteiger partial charge in [-0.25, -0.2) is 4.70 Å². The Balaban J connectivity index is 0.00000226. The summed E-state index contributed by atoms with van der Waals surface area (Å²) in [6.45, 7) is 9.12. The Morgan fingerprint density at radius 2 is 0.844 bits per heavy atom. The fourth-order valence-corrected chi connectivity index (χ4v) is 6.48. The number of hydrogen-bond donors (Lipinski definition) is 0. The molecule has 1 aliphatic heterocycles. The summed E-state index contributed by atoms with van der Waals surface area (Å²) >= 11 is 1.62. The number of nitrogens with zero attached hydrogens (tertiary/aromatic N) is 2. The van der Waals surface area contributed by atoms with Crippen LogP contribution in [-0.2, 0) is 27.3 Å². The molecule has 1 heterocycles. The first-order chi connectivity index (χ1) is 22.1. The Kier molecular flexibility index (Phi) is 21.1. The van der Waals surface area contributed by atoms with E-state index >= 15 is 0 Å². The van der Waals surface area contributed by atoms with E-state index in [-0.39, 0.29) is 0 Å². The van der Waals surface area contributed by atoms with Crippen molar-refractivity contribution >= 4 is 11.4 Å². The van der Waals surface area contributed by atoms with E-state index in [1.165, 1.54) is 123 Å². The van der Waals surface area contributed by atoms with E-state index in [4.69, 9.17) is 0 Å². The molecule has 3 rings (SSSR count). The maximum absolute atomic E-state index is 12.1. The first-order valence-corrected chi connectivity index (χ1v) is 20.4. The molecule has 0 aromatic heterocycles. The fraction of sp³-hybridized carbons (Fsp3) is 0.619. The van der Waals surface area contributed by atoms with E-state index in [1.54, 1.807) is 19.1 Å². The van der Waals surface area contributed by atoms with Crippen molar-refractivity contribution in [1.82, 2.24) is 0 Å². The van der Waals surface area contributed by atoms with Gasteiger partial charge in [-0.15, -0.1) is 0 Å². The molecule has 1 aliphatic rings. The van der Waals surface area contributed by atoms with Crippen LogP contribution in [0.15, 0.2) is 59.7 Å². The van der Waals surface area contributed by atoms with Crippen LogP contribution >= 0.6 is 0 Å². The van der Waals surface area contributed by atoms with E-state index in [0.717, 1.165) is 49.9 Å². The second kappa shape index (κ2) is 24.2. The minimum absolute atomic E-state index is 1.02. The zero-order valence-electron chi connectivity index (χ0n) is 30.0. The molecule has 0 spiro atoms. The van der Waals surface area contributed by atoms with Crippen molar-refractivity contribution < 1.29 is 19.1 Å². The molecule has 254 valence electrons. The van der Waals surface area contributed by atoms with Gasteiger partial charge in [-0.3, -0.25) is 0 Å². The summed E-state index contributed by atoms with van der Waals surface area (Å²) in [6, 6.07) is 18.1. The van der Waals surface area contributed by atoms with Crippen molar-refractivity contribution in [1.29, 1.82) is 0 Å². The molecule has 0 unspecified atom stereocenters. The third-order valence-electron chi connectivity index (χ3n) is 8.96. The molecule has 2 aromatic carbocycles. The molecule has 0 atom stereocenters. The van der Waals surface area contributed by atoms with Crippen molar-refractivity contribution in [3.8, 4) is 0 Å². The molecular weight excluding hydrogens is 591 g/mol. The Labute approximate surface area is 284 Å². The van der Waals surface area contributed by atoms with Crippen LogP contribution in [0, 0.1) is 0 Å². The predicted octanol–water partition coefficient (Wildman–Crippen LogP) is 14.2. The SMILES string of the molecule is CCCCCCCCC1=C(c2cccc(CCCCCC)c2)[N+](=[N-])C(c2cccc(CCCCCC)c2)=C1CCCC.[CH3][Ni][CH3]. The second-order valence-electron chi connectivity index (χ2n) is 12.9. The zero-order valence-corrected chi connectivity index (χ0v) is 31.0. The van der Waals surface area contributed by atoms with Crippen molar-refractivity contribution in [3.63, 3.8) is 0 Å². The Bertz CT molecular complexity index is 1170. The maximum atomic E-state index is 12.1. The van der Waals surface area contributed by atoms with Gasteiger partial charge in [-0.1, -0.05) is 129 Å². The molecular formula is C42H66N2Ni. The van der Waals surface area contributed by atoms with Crippen LogP contribution in [0.5, 0.6) is 0 Å². The number of aryl methyl sites for hydroxylation is 2. The van der Waals surface area contributed by atoms with Crippen LogP contribution in [0.3, 0.4) is 0 Å². The van der Waals surface area contributed by atoms with Gasteiger partial charge in [0.25, 0.3) is 0 Å². The van der Waals surface area contributed by atoms with Crippen LogP contribution < -0.4 is 0 Å². The van der Waals surface area contributed by atoms with Crippen molar-refractivity contribution in [2.45, 2.75) is 168 Å². The van der Waals surface area contributed by atoms with Crippen LogP contribution in [0.1, 0.15) is 166 Å². The van der Waals surface area contributed by atoms with Crippen molar-refractivity contribution in [2.75, 3.05) is 0 Å². The third kappa shape index (κ3) is 13.7. The zero-order chi connectivity index (χ0) is 32.7. The van der Waals surface area contributed by atoms with Crippen molar-refractivity contribution in [3.05, 3.63) is 87.5 Å². The molecule has 0 amide bonds. The number of allylic oxidation sites excluding steroid dienone is 2. The summed E-state index contributed by atoms with van der Waals surface area (Å²) in [6.07, 6.45) is 24.5. The molecule has 0 N–H and O–H groups in total. The minimum atomic E-state index is 1.02. The molecule has 0 aliphatic carbocycles. The van der Waals surface area contributed by atoms with Gasteiger partial charge in [0, 0.05) is 22.3 Å². The average Bonchev–Trinajstić information content (AvgIpc) is 3.33. The molecule has 2 aromatic rings. The van der Waals surface area contributed by atoms with Gasteiger partial charge >= 0.3 is 26.2 Å². The van der Waals surface area contributed by atoms with Gasteiger partial charge in [0.2, 0.25) is 11.4 Å². The fourth-order valence-electron chi connectivity index (χ4n) is 6.48. The van der Waals surface area contributed by atoms with E-state index in [0.29, 0.717) is 0 Å². The molecule has 0 saturated carbocycles.